The quantitative estimate of drug-likeness (QED) is 0.375. The molecule has 1 amide bonds. The molecule has 0 fully saturated rings. The number of nitrogens with one attached hydrogen (secondary N) is 1. The Hall–Kier alpha value is -3.39. The van der Waals surface area contributed by atoms with Crippen molar-refractivity contribution in [1.82, 2.24) is 10.4 Å². The summed E-state index contributed by atoms with van der Waals surface area (Å²) in [4.78, 5) is 28.2. The van der Waals surface area contributed by atoms with Crippen molar-refractivity contribution in [3.63, 3.8) is 0 Å². The molecule has 0 radical (unpaired) electrons. The smallest absolute Gasteiger partial charge is 0.283 e. The number of thiazole rings is 1. The van der Waals surface area contributed by atoms with Crippen LogP contribution in [0.15, 0.2) is 46.7 Å². The minimum atomic E-state index is -0.388. The van der Waals surface area contributed by atoms with E-state index in [1.54, 1.807) is 57.2 Å². The average Bonchev–Trinajstić information content (AvgIpc) is 3.07. The van der Waals surface area contributed by atoms with E-state index in [2.05, 4.69) is 20.7 Å². The molecule has 2 aromatic carbocycles. The number of rotatable bonds is 5. The molecule has 0 unspecified atom stereocenters. The van der Waals surface area contributed by atoms with E-state index in [4.69, 9.17) is 0 Å². The number of aryl methyl sites for hydroxylation is 3. The van der Waals surface area contributed by atoms with Gasteiger partial charge >= 0.3 is 0 Å². The number of phenolic OH excluding ortho intramolecular Hbond substituents is 1. The maximum Gasteiger partial charge on any atom is 0.283 e. The van der Waals surface area contributed by atoms with Gasteiger partial charge in [-0.3, -0.25) is 4.79 Å². The Balaban J connectivity index is 1.78. The first-order valence-corrected chi connectivity index (χ1v) is 9.26. The van der Waals surface area contributed by atoms with Crippen LogP contribution in [-0.2, 0) is 0 Å². The standard InChI is InChI=1S/C20H18N4O3S/c1-11-8-14(9-12(2)17(11)25)10-21-23-19(26)18-13(3)22-20(28-18)15-6-4-5-7-16(15)24-27/h4-10,25H,1-3H3,(H,23,26)/b21-10+. The fourth-order valence-electron chi connectivity index (χ4n) is 2.74. The number of amides is 1. The van der Waals surface area contributed by atoms with Crippen molar-refractivity contribution in [3.05, 3.63) is 68.6 Å². The maximum atomic E-state index is 12.5. The monoisotopic (exact) mass is 394 g/mol. The van der Waals surface area contributed by atoms with Gasteiger partial charge in [-0.1, -0.05) is 12.1 Å². The van der Waals surface area contributed by atoms with Gasteiger partial charge in [-0.15, -0.1) is 16.2 Å². The fourth-order valence-corrected chi connectivity index (χ4v) is 3.73. The Morgan fingerprint density at radius 3 is 2.54 bits per heavy atom. The molecule has 7 nitrogen and oxygen atoms in total. The number of benzene rings is 2. The average molecular weight is 394 g/mol. The zero-order chi connectivity index (χ0) is 20.3. The van der Waals surface area contributed by atoms with Crippen LogP contribution in [0.1, 0.15) is 32.1 Å². The van der Waals surface area contributed by atoms with Crippen molar-refractivity contribution in [3.8, 4) is 16.3 Å². The molecule has 0 saturated carbocycles. The zero-order valence-corrected chi connectivity index (χ0v) is 16.4. The summed E-state index contributed by atoms with van der Waals surface area (Å²) in [5.41, 5.74) is 6.13. The molecule has 142 valence electrons. The van der Waals surface area contributed by atoms with Crippen LogP contribution in [0.3, 0.4) is 0 Å². The van der Waals surface area contributed by atoms with Crippen LogP contribution in [0.5, 0.6) is 5.75 Å². The van der Waals surface area contributed by atoms with Crippen molar-refractivity contribution in [2.45, 2.75) is 20.8 Å². The van der Waals surface area contributed by atoms with E-state index in [0.29, 0.717) is 21.1 Å². The van der Waals surface area contributed by atoms with E-state index in [-0.39, 0.29) is 17.3 Å². The zero-order valence-electron chi connectivity index (χ0n) is 15.6. The van der Waals surface area contributed by atoms with Crippen LogP contribution in [0, 0.1) is 25.7 Å². The second kappa shape index (κ2) is 8.10. The van der Waals surface area contributed by atoms with Crippen molar-refractivity contribution in [2.24, 2.45) is 10.3 Å². The Morgan fingerprint density at radius 2 is 1.86 bits per heavy atom. The first kappa shape index (κ1) is 19.4. The number of carbonyl (C=O) groups is 1. The Morgan fingerprint density at radius 1 is 1.18 bits per heavy atom. The Bertz CT molecular complexity index is 1070. The predicted octanol–water partition coefficient (Wildman–Crippen LogP) is 4.60. The highest BCUT2D eigenvalue weighted by atomic mass is 32.1. The van der Waals surface area contributed by atoms with Crippen LogP contribution in [-0.4, -0.2) is 22.2 Å². The van der Waals surface area contributed by atoms with E-state index in [0.717, 1.165) is 16.7 Å². The summed E-state index contributed by atoms with van der Waals surface area (Å²) in [5, 5.41) is 17.4. The lowest BCUT2D eigenvalue weighted by Gasteiger charge is -2.04. The van der Waals surface area contributed by atoms with Gasteiger partial charge in [0.05, 0.1) is 11.9 Å². The van der Waals surface area contributed by atoms with Crippen LogP contribution >= 0.6 is 11.3 Å². The van der Waals surface area contributed by atoms with Gasteiger partial charge < -0.3 is 5.11 Å². The summed E-state index contributed by atoms with van der Waals surface area (Å²) in [6, 6.07) is 10.4. The number of hydrazone groups is 1. The fraction of sp³-hybridized carbons (Fsp3) is 0.150. The van der Waals surface area contributed by atoms with Crippen molar-refractivity contribution < 1.29 is 9.90 Å². The first-order chi connectivity index (χ1) is 13.4. The molecule has 0 bridgehead atoms. The Labute approximate surface area is 165 Å². The molecule has 3 aromatic rings. The molecule has 0 saturated heterocycles. The van der Waals surface area contributed by atoms with Crippen molar-refractivity contribution in [2.75, 3.05) is 0 Å². The topological polar surface area (TPSA) is 104 Å². The first-order valence-electron chi connectivity index (χ1n) is 8.44. The summed E-state index contributed by atoms with van der Waals surface area (Å²) in [6.07, 6.45) is 1.51. The van der Waals surface area contributed by atoms with Gasteiger partial charge in [-0.05, 0) is 66.9 Å². The SMILES string of the molecule is Cc1cc(/C=N/NC(=O)c2sc(-c3ccccc3N=O)nc2C)cc(C)c1O. The molecule has 2 N–H and O–H groups in total. The van der Waals surface area contributed by atoms with Gasteiger partial charge in [-0.2, -0.15) is 5.10 Å². The lowest BCUT2D eigenvalue weighted by molar-refractivity contribution is 0.0958. The normalized spacial score (nSPS) is 11.0. The summed E-state index contributed by atoms with van der Waals surface area (Å²) in [6.45, 7) is 5.32. The highest BCUT2D eigenvalue weighted by molar-refractivity contribution is 7.17. The molecule has 1 heterocycles. The molecule has 0 aliphatic heterocycles. The minimum absolute atomic E-state index is 0.249. The molecule has 0 aliphatic rings. The number of hydrogen-bond donors (Lipinski definition) is 2. The molecular weight excluding hydrogens is 376 g/mol. The molecule has 28 heavy (non-hydrogen) atoms. The third-order valence-corrected chi connectivity index (χ3v) is 5.32. The van der Waals surface area contributed by atoms with Crippen molar-refractivity contribution >= 4 is 29.1 Å². The van der Waals surface area contributed by atoms with E-state index in [9.17, 15) is 14.8 Å². The number of aromatic nitrogens is 1. The number of phenols is 1. The summed E-state index contributed by atoms with van der Waals surface area (Å²) >= 11 is 1.17. The molecular formula is C20H18N4O3S. The van der Waals surface area contributed by atoms with E-state index in [1.807, 2.05) is 0 Å². The van der Waals surface area contributed by atoms with Crippen molar-refractivity contribution in [1.29, 1.82) is 0 Å². The van der Waals surface area contributed by atoms with Gasteiger partial charge in [0.25, 0.3) is 5.91 Å². The lowest BCUT2D eigenvalue weighted by atomic mass is 10.1. The minimum Gasteiger partial charge on any atom is -0.507 e. The number of carbonyl (C=O) groups excluding carboxylic acids is 1. The highest BCUT2D eigenvalue weighted by Crippen LogP contribution is 2.34. The lowest BCUT2D eigenvalue weighted by Crippen LogP contribution is -2.17. The van der Waals surface area contributed by atoms with Crippen LogP contribution in [0.25, 0.3) is 10.6 Å². The summed E-state index contributed by atoms with van der Waals surface area (Å²) in [7, 11) is 0. The molecule has 0 spiro atoms. The number of nitroso groups, excluding NO2 is 1. The summed E-state index contributed by atoms with van der Waals surface area (Å²) in [5.74, 6) is -0.139. The van der Waals surface area contributed by atoms with Crippen LogP contribution in [0.2, 0.25) is 0 Å². The number of hydrogen-bond acceptors (Lipinski definition) is 7. The third kappa shape index (κ3) is 3.96. The molecule has 3 rings (SSSR count). The maximum absolute atomic E-state index is 12.5. The van der Waals surface area contributed by atoms with Gasteiger partial charge in [0.2, 0.25) is 0 Å². The summed E-state index contributed by atoms with van der Waals surface area (Å²) < 4.78 is 0. The van der Waals surface area contributed by atoms with E-state index >= 15 is 0 Å². The van der Waals surface area contributed by atoms with Gasteiger partial charge in [0, 0.05) is 5.56 Å². The molecule has 0 aliphatic carbocycles. The van der Waals surface area contributed by atoms with Gasteiger partial charge in [0.1, 0.15) is 21.3 Å². The van der Waals surface area contributed by atoms with Gasteiger partial charge in [0.15, 0.2) is 0 Å². The predicted molar refractivity (Wildman–Crippen MR) is 110 cm³/mol. The molecule has 1 aromatic heterocycles. The van der Waals surface area contributed by atoms with Crippen LogP contribution in [0.4, 0.5) is 5.69 Å². The van der Waals surface area contributed by atoms with E-state index in [1.165, 1.54) is 17.6 Å². The van der Waals surface area contributed by atoms with Gasteiger partial charge in [-0.25, -0.2) is 10.4 Å². The van der Waals surface area contributed by atoms with Crippen LogP contribution < -0.4 is 5.43 Å². The van der Waals surface area contributed by atoms with E-state index < -0.39 is 0 Å². The highest BCUT2D eigenvalue weighted by Gasteiger charge is 2.17. The number of nitrogens with zero attached hydrogens (tertiary/aromatic N) is 3. The third-order valence-electron chi connectivity index (χ3n) is 4.13. The number of aromatic hydroxyl groups is 1. The largest absolute Gasteiger partial charge is 0.507 e. The second-order valence-electron chi connectivity index (χ2n) is 6.24. The Kier molecular flexibility index (Phi) is 5.60. The second-order valence-corrected chi connectivity index (χ2v) is 7.24. The molecule has 8 heteroatoms. The molecule has 0 atom stereocenters.